The third kappa shape index (κ3) is 3.82. The highest BCUT2D eigenvalue weighted by molar-refractivity contribution is 5.81. The fraction of sp³-hybridized carbons (Fsp3) is 0.733. The second-order valence-electron chi connectivity index (χ2n) is 5.97. The number of hydrogen-bond donors (Lipinski definition) is 1. The molecule has 0 aliphatic carbocycles. The molecule has 0 aromatic carbocycles. The first-order valence-electron chi connectivity index (χ1n) is 7.30. The number of aryl methyl sites for hydroxylation is 1. The van der Waals surface area contributed by atoms with Crippen LogP contribution in [0.15, 0.2) is 6.20 Å². The summed E-state index contributed by atoms with van der Waals surface area (Å²) >= 11 is 0. The van der Waals surface area contributed by atoms with Crippen LogP contribution >= 0.6 is 0 Å². The molecule has 0 saturated heterocycles. The first kappa shape index (κ1) is 16.7. The summed E-state index contributed by atoms with van der Waals surface area (Å²) in [5.41, 5.74) is 8.15. The number of amides is 1. The summed E-state index contributed by atoms with van der Waals surface area (Å²) in [6, 6.07) is -0.427. The monoisotopic (exact) mass is 280 g/mol. The summed E-state index contributed by atoms with van der Waals surface area (Å²) in [7, 11) is 3.71. The molecule has 0 saturated carbocycles. The lowest BCUT2D eigenvalue weighted by Gasteiger charge is -2.24. The molecule has 0 unspecified atom stereocenters. The van der Waals surface area contributed by atoms with Crippen LogP contribution in [-0.2, 0) is 18.4 Å². The van der Waals surface area contributed by atoms with E-state index in [0.717, 1.165) is 17.7 Å². The number of aromatic nitrogens is 2. The minimum absolute atomic E-state index is 0.00194. The molecule has 1 aromatic heterocycles. The van der Waals surface area contributed by atoms with Crippen LogP contribution in [-0.4, -0.2) is 33.7 Å². The lowest BCUT2D eigenvalue weighted by Crippen LogP contribution is -2.45. The second kappa shape index (κ2) is 6.88. The van der Waals surface area contributed by atoms with Crippen molar-refractivity contribution in [2.75, 3.05) is 7.05 Å². The number of hydrogen-bond acceptors (Lipinski definition) is 3. The zero-order valence-corrected chi connectivity index (χ0v) is 13.6. The maximum atomic E-state index is 12.3. The van der Waals surface area contributed by atoms with Gasteiger partial charge in [-0.25, -0.2) is 0 Å². The lowest BCUT2D eigenvalue weighted by molar-refractivity contribution is -0.132. The van der Waals surface area contributed by atoms with Gasteiger partial charge in [-0.3, -0.25) is 9.48 Å². The molecule has 1 heterocycles. The SMILES string of the molecule is CC[C@H](C)[C@H](N)C(=O)N(C)Cc1cn(C)nc1C(C)C. The normalized spacial score (nSPS) is 14.4. The number of likely N-dealkylation sites (N-methyl/N-ethyl adjacent to an activating group) is 1. The van der Waals surface area contributed by atoms with Gasteiger partial charge in [-0.05, 0) is 11.8 Å². The minimum Gasteiger partial charge on any atom is -0.340 e. The Hall–Kier alpha value is -1.36. The van der Waals surface area contributed by atoms with Gasteiger partial charge in [0.15, 0.2) is 0 Å². The van der Waals surface area contributed by atoms with Crippen molar-refractivity contribution in [2.24, 2.45) is 18.7 Å². The van der Waals surface area contributed by atoms with Crippen LogP contribution < -0.4 is 5.73 Å². The van der Waals surface area contributed by atoms with Crippen LogP contribution in [0.3, 0.4) is 0 Å². The summed E-state index contributed by atoms with van der Waals surface area (Å²) in [6.07, 6.45) is 2.89. The van der Waals surface area contributed by atoms with E-state index < -0.39 is 6.04 Å². The second-order valence-corrected chi connectivity index (χ2v) is 5.97. The number of carbonyl (C=O) groups is 1. The molecule has 5 nitrogen and oxygen atoms in total. The van der Waals surface area contributed by atoms with E-state index in [1.807, 2.05) is 27.2 Å². The van der Waals surface area contributed by atoms with E-state index in [0.29, 0.717) is 12.5 Å². The van der Waals surface area contributed by atoms with Gasteiger partial charge in [0.25, 0.3) is 0 Å². The Morgan fingerprint density at radius 1 is 1.45 bits per heavy atom. The average molecular weight is 280 g/mol. The van der Waals surface area contributed by atoms with Crippen LogP contribution in [0.1, 0.15) is 51.3 Å². The smallest absolute Gasteiger partial charge is 0.239 e. The van der Waals surface area contributed by atoms with Gasteiger partial charge in [-0.1, -0.05) is 34.1 Å². The molecule has 1 rings (SSSR count). The zero-order chi connectivity index (χ0) is 15.4. The molecule has 2 N–H and O–H groups in total. The highest BCUT2D eigenvalue weighted by Crippen LogP contribution is 2.19. The van der Waals surface area contributed by atoms with Crippen molar-refractivity contribution in [2.45, 2.75) is 52.6 Å². The van der Waals surface area contributed by atoms with Crippen molar-refractivity contribution in [1.29, 1.82) is 0 Å². The van der Waals surface area contributed by atoms with Crippen molar-refractivity contribution in [3.05, 3.63) is 17.5 Å². The third-order valence-corrected chi connectivity index (χ3v) is 3.81. The minimum atomic E-state index is -0.427. The Balaban J connectivity index is 2.80. The Bertz CT molecular complexity index is 453. The Kier molecular flexibility index (Phi) is 5.74. The van der Waals surface area contributed by atoms with Gasteiger partial charge in [-0.15, -0.1) is 0 Å². The van der Waals surface area contributed by atoms with E-state index in [1.54, 1.807) is 9.58 Å². The molecule has 1 aromatic rings. The molecule has 0 aliphatic rings. The molecule has 5 heteroatoms. The van der Waals surface area contributed by atoms with E-state index >= 15 is 0 Å². The zero-order valence-electron chi connectivity index (χ0n) is 13.6. The fourth-order valence-electron chi connectivity index (χ4n) is 2.25. The van der Waals surface area contributed by atoms with Gasteiger partial charge in [-0.2, -0.15) is 5.10 Å². The van der Waals surface area contributed by atoms with E-state index in [4.69, 9.17) is 5.73 Å². The molecule has 0 fully saturated rings. The highest BCUT2D eigenvalue weighted by atomic mass is 16.2. The number of nitrogens with zero attached hydrogens (tertiary/aromatic N) is 3. The van der Waals surface area contributed by atoms with Gasteiger partial charge in [0.1, 0.15) is 0 Å². The number of rotatable bonds is 6. The summed E-state index contributed by atoms with van der Waals surface area (Å²) in [5, 5.41) is 4.47. The van der Waals surface area contributed by atoms with Crippen molar-refractivity contribution in [1.82, 2.24) is 14.7 Å². The fourth-order valence-corrected chi connectivity index (χ4v) is 2.25. The molecular formula is C15H28N4O. The van der Waals surface area contributed by atoms with Gasteiger partial charge < -0.3 is 10.6 Å². The van der Waals surface area contributed by atoms with Crippen LogP contribution in [0.5, 0.6) is 0 Å². The lowest BCUT2D eigenvalue weighted by atomic mass is 9.98. The van der Waals surface area contributed by atoms with Gasteiger partial charge >= 0.3 is 0 Å². The van der Waals surface area contributed by atoms with Crippen LogP contribution in [0.25, 0.3) is 0 Å². The van der Waals surface area contributed by atoms with E-state index in [-0.39, 0.29) is 11.8 Å². The van der Waals surface area contributed by atoms with E-state index in [1.165, 1.54) is 0 Å². The standard InChI is InChI=1S/C15H28N4O/c1-7-11(4)13(16)15(20)18(5)8-12-9-19(6)17-14(12)10(2)3/h9-11,13H,7-8,16H2,1-6H3/t11-,13-/m0/s1. The Labute approximate surface area is 122 Å². The first-order chi connectivity index (χ1) is 9.27. The third-order valence-electron chi connectivity index (χ3n) is 3.81. The number of nitrogens with two attached hydrogens (primary N) is 1. The predicted molar refractivity (Wildman–Crippen MR) is 81.2 cm³/mol. The van der Waals surface area contributed by atoms with Crippen molar-refractivity contribution in [3.8, 4) is 0 Å². The molecule has 0 aliphatic heterocycles. The Morgan fingerprint density at radius 3 is 2.55 bits per heavy atom. The van der Waals surface area contributed by atoms with Crippen molar-refractivity contribution in [3.63, 3.8) is 0 Å². The van der Waals surface area contributed by atoms with Crippen molar-refractivity contribution >= 4 is 5.91 Å². The van der Waals surface area contributed by atoms with Gasteiger partial charge in [0.05, 0.1) is 11.7 Å². The Morgan fingerprint density at radius 2 is 2.05 bits per heavy atom. The van der Waals surface area contributed by atoms with E-state index in [9.17, 15) is 4.79 Å². The molecule has 0 spiro atoms. The summed E-state index contributed by atoms with van der Waals surface area (Å²) in [6.45, 7) is 8.84. The molecule has 0 radical (unpaired) electrons. The maximum Gasteiger partial charge on any atom is 0.239 e. The molecule has 0 bridgehead atoms. The molecule has 2 atom stereocenters. The summed E-state index contributed by atoms with van der Waals surface area (Å²) in [5.74, 6) is 0.541. The molecule has 1 amide bonds. The van der Waals surface area contributed by atoms with Crippen molar-refractivity contribution < 1.29 is 4.79 Å². The predicted octanol–water partition coefficient (Wildman–Crippen LogP) is 1.88. The van der Waals surface area contributed by atoms with Gasteiger partial charge in [0.2, 0.25) is 5.91 Å². The van der Waals surface area contributed by atoms with Crippen LogP contribution in [0.4, 0.5) is 0 Å². The average Bonchev–Trinajstić information content (AvgIpc) is 2.76. The molecule has 20 heavy (non-hydrogen) atoms. The van der Waals surface area contributed by atoms with Gasteiger partial charge in [0, 0.05) is 32.4 Å². The first-order valence-corrected chi connectivity index (χ1v) is 7.30. The summed E-state index contributed by atoms with van der Waals surface area (Å²) < 4.78 is 1.80. The molecular weight excluding hydrogens is 252 g/mol. The quantitative estimate of drug-likeness (QED) is 0.865. The van der Waals surface area contributed by atoms with E-state index in [2.05, 4.69) is 25.9 Å². The van der Waals surface area contributed by atoms with Crippen LogP contribution in [0.2, 0.25) is 0 Å². The highest BCUT2D eigenvalue weighted by Gasteiger charge is 2.24. The largest absolute Gasteiger partial charge is 0.340 e. The van der Waals surface area contributed by atoms with Crippen LogP contribution in [0, 0.1) is 5.92 Å². The topological polar surface area (TPSA) is 64.2 Å². The molecule has 114 valence electrons. The maximum absolute atomic E-state index is 12.3. The summed E-state index contributed by atoms with van der Waals surface area (Å²) in [4.78, 5) is 14.0. The number of carbonyl (C=O) groups excluding carboxylic acids is 1.